The summed E-state index contributed by atoms with van der Waals surface area (Å²) < 4.78 is 33.6. The molecule has 1 aliphatic heterocycles. The third-order valence-corrected chi connectivity index (χ3v) is 8.50. The Morgan fingerprint density at radius 3 is 2.31 bits per heavy atom. The molecule has 1 aliphatic rings. The fraction of sp³-hybridized carbons (Fsp3) is 0.333. The lowest BCUT2D eigenvalue weighted by atomic mass is 9.89. The summed E-state index contributed by atoms with van der Waals surface area (Å²) in [5, 5.41) is 1.10. The Kier molecular flexibility index (Phi) is 7.44. The standard InChI is InChI=1S/C30H34N2O3S/c1-31-20-17-25(18-21-31)29-23-32(19-9-8-12-24-10-4-2-5-11-24)30-16-15-26(22-28(29)30)35-36(33,34)27-13-6-3-7-14-27/h2-7,10-11,13-16,22-23,25H,8-9,12,17-21H2,1H3. The van der Waals surface area contributed by atoms with Crippen molar-refractivity contribution in [2.75, 3.05) is 20.1 Å². The van der Waals surface area contributed by atoms with Crippen LogP contribution >= 0.6 is 0 Å². The minimum Gasteiger partial charge on any atom is -0.379 e. The largest absolute Gasteiger partial charge is 0.379 e. The van der Waals surface area contributed by atoms with E-state index in [1.807, 2.05) is 12.1 Å². The van der Waals surface area contributed by atoms with Gasteiger partial charge in [-0.05, 0) is 99.6 Å². The van der Waals surface area contributed by atoms with Gasteiger partial charge in [-0.15, -0.1) is 0 Å². The lowest BCUT2D eigenvalue weighted by Crippen LogP contribution is -2.29. The second-order valence-electron chi connectivity index (χ2n) is 9.83. The molecule has 0 saturated carbocycles. The molecule has 0 N–H and O–H groups in total. The number of aryl methyl sites for hydroxylation is 2. The molecule has 1 saturated heterocycles. The van der Waals surface area contributed by atoms with Crippen LogP contribution < -0.4 is 4.18 Å². The van der Waals surface area contributed by atoms with E-state index >= 15 is 0 Å². The van der Waals surface area contributed by atoms with Crippen molar-refractivity contribution in [3.8, 4) is 5.75 Å². The number of unbranched alkanes of at least 4 members (excludes halogenated alkanes) is 1. The van der Waals surface area contributed by atoms with Crippen molar-refractivity contribution in [3.63, 3.8) is 0 Å². The minimum absolute atomic E-state index is 0.164. The fourth-order valence-electron chi connectivity index (χ4n) is 5.20. The average molecular weight is 503 g/mol. The molecule has 6 heteroatoms. The van der Waals surface area contributed by atoms with Gasteiger partial charge in [0.25, 0.3) is 0 Å². The zero-order valence-electron chi connectivity index (χ0n) is 20.8. The van der Waals surface area contributed by atoms with Gasteiger partial charge in [0.1, 0.15) is 10.6 Å². The number of hydrogen-bond donors (Lipinski definition) is 0. The first-order valence-electron chi connectivity index (χ1n) is 12.8. The molecular weight excluding hydrogens is 468 g/mol. The third-order valence-electron chi connectivity index (χ3n) is 7.24. The smallest absolute Gasteiger partial charge is 0.339 e. The SMILES string of the molecule is CN1CCC(c2cn(CCCCc3ccccc3)c3ccc(OS(=O)(=O)c4ccccc4)cc23)CC1. The number of piperidine rings is 1. The average Bonchev–Trinajstić information content (AvgIpc) is 3.26. The molecule has 0 radical (unpaired) electrons. The van der Waals surface area contributed by atoms with E-state index in [0.29, 0.717) is 11.7 Å². The monoisotopic (exact) mass is 502 g/mol. The highest BCUT2D eigenvalue weighted by molar-refractivity contribution is 7.87. The van der Waals surface area contributed by atoms with E-state index in [2.05, 4.69) is 53.0 Å². The van der Waals surface area contributed by atoms with Gasteiger partial charge in [-0.25, -0.2) is 0 Å². The lowest BCUT2D eigenvalue weighted by molar-refractivity contribution is 0.256. The van der Waals surface area contributed by atoms with Gasteiger partial charge in [0.2, 0.25) is 0 Å². The van der Waals surface area contributed by atoms with Crippen molar-refractivity contribution in [2.45, 2.75) is 49.5 Å². The van der Waals surface area contributed by atoms with E-state index in [1.165, 1.54) is 11.1 Å². The first-order chi connectivity index (χ1) is 17.5. The summed E-state index contributed by atoms with van der Waals surface area (Å²) in [5.74, 6) is 0.831. The number of fused-ring (bicyclic) bond motifs is 1. The number of hydrogen-bond acceptors (Lipinski definition) is 4. The molecule has 1 aromatic heterocycles. The van der Waals surface area contributed by atoms with Crippen molar-refractivity contribution < 1.29 is 12.6 Å². The maximum absolute atomic E-state index is 12.8. The van der Waals surface area contributed by atoms with Crippen molar-refractivity contribution in [2.24, 2.45) is 0 Å². The van der Waals surface area contributed by atoms with E-state index in [4.69, 9.17) is 4.18 Å². The van der Waals surface area contributed by atoms with Crippen LogP contribution in [0, 0.1) is 0 Å². The number of aromatic nitrogens is 1. The van der Waals surface area contributed by atoms with Crippen LogP contribution in [0.2, 0.25) is 0 Å². The summed E-state index contributed by atoms with van der Waals surface area (Å²) in [6, 6.07) is 24.7. The van der Waals surface area contributed by atoms with Gasteiger partial charge in [-0.1, -0.05) is 48.5 Å². The summed E-state index contributed by atoms with van der Waals surface area (Å²) >= 11 is 0. The zero-order valence-corrected chi connectivity index (χ0v) is 21.7. The quantitative estimate of drug-likeness (QED) is 0.201. The van der Waals surface area contributed by atoms with Crippen LogP contribution in [0.4, 0.5) is 0 Å². The molecule has 0 bridgehead atoms. The Bertz CT molecular complexity index is 1390. The van der Waals surface area contributed by atoms with E-state index in [-0.39, 0.29) is 4.90 Å². The molecular formula is C30H34N2O3S. The molecule has 0 atom stereocenters. The Morgan fingerprint density at radius 1 is 0.889 bits per heavy atom. The van der Waals surface area contributed by atoms with Gasteiger partial charge >= 0.3 is 10.1 Å². The molecule has 0 unspecified atom stereocenters. The first-order valence-corrected chi connectivity index (χ1v) is 14.3. The summed E-state index contributed by atoms with van der Waals surface area (Å²) in [6.45, 7) is 3.10. The van der Waals surface area contributed by atoms with Crippen LogP contribution in [0.3, 0.4) is 0 Å². The molecule has 3 aromatic carbocycles. The summed E-state index contributed by atoms with van der Waals surface area (Å²) in [4.78, 5) is 2.54. The lowest BCUT2D eigenvalue weighted by Gasteiger charge is -2.28. The highest BCUT2D eigenvalue weighted by Gasteiger charge is 2.23. The molecule has 0 aliphatic carbocycles. The van der Waals surface area contributed by atoms with Crippen LogP contribution in [0.25, 0.3) is 10.9 Å². The van der Waals surface area contributed by atoms with Gasteiger partial charge in [-0.3, -0.25) is 0 Å². The number of benzene rings is 3. The highest BCUT2D eigenvalue weighted by Crippen LogP contribution is 2.36. The van der Waals surface area contributed by atoms with Crippen LogP contribution in [0.5, 0.6) is 5.75 Å². The Morgan fingerprint density at radius 2 is 1.58 bits per heavy atom. The van der Waals surface area contributed by atoms with Gasteiger partial charge in [-0.2, -0.15) is 8.42 Å². The Balaban J connectivity index is 1.39. The highest BCUT2D eigenvalue weighted by atomic mass is 32.2. The number of nitrogens with zero attached hydrogens (tertiary/aromatic N) is 2. The molecule has 36 heavy (non-hydrogen) atoms. The summed E-state index contributed by atoms with van der Waals surface area (Å²) in [5.41, 5.74) is 3.83. The molecule has 2 heterocycles. The van der Waals surface area contributed by atoms with Gasteiger partial charge in [0, 0.05) is 23.6 Å². The Hall–Kier alpha value is -3.09. The van der Waals surface area contributed by atoms with Crippen LogP contribution in [0.15, 0.2) is 90.0 Å². The molecule has 188 valence electrons. The predicted molar refractivity (Wildman–Crippen MR) is 145 cm³/mol. The van der Waals surface area contributed by atoms with Gasteiger partial charge in [0.05, 0.1) is 0 Å². The second-order valence-corrected chi connectivity index (χ2v) is 11.4. The first kappa shape index (κ1) is 24.6. The zero-order chi connectivity index (χ0) is 25.0. The third kappa shape index (κ3) is 5.66. The van der Waals surface area contributed by atoms with Crippen LogP contribution in [-0.2, 0) is 23.1 Å². The van der Waals surface area contributed by atoms with Crippen LogP contribution in [-0.4, -0.2) is 38.0 Å². The van der Waals surface area contributed by atoms with Crippen molar-refractivity contribution >= 4 is 21.0 Å². The predicted octanol–water partition coefficient (Wildman–Crippen LogP) is 6.24. The van der Waals surface area contributed by atoms with E-state index in [9.17, 15) is 8.42 Å². The topological polar surface area (TPSA) is 51.5 Å². The molecule has 5 nitrogen and oxygen atoms in total. The normalized spacial score (nSPS) is 15.4. The second kappa shape index (κ2) is 10.9. The van der Waals surface area contributed by atoms with Crippen molar-refractivity contribution in [1.82, 2.24) is 9.47 Å². The van der Waals surface area contributed by atoms with Crippen molar-refractivity contribution in [3.05, 3.63) is 96.2 Å². The molecule has 0 spiro atoms. The molecule has 5 rings (SSSR count). The van der Waals surface area contributed by atoms with Gasteiger partial charge in [0.15, 0.2) is 0 Å². The van der Waals surface area contributed by atoms with E-state index in [1.54, 1.807) is 36.4 Å². The molecule has 0 amide bonds. The van der Waals surface area contributed by atoms with Gasteiger partial charge < -0.3 is 13.7 Å². The number of rotatable bonds is 9. The minimum atomic E-state index is -3.88. The number of likely N-dealkylation sites (tertiary alicyclic amines) is 1. The molecule has 4 aromatic rings. The van der Waals surface area contributed by atoms with Crippen molar-refractivity contribution in [1.29, 1.82) is 0 Å². The Labute approximate surface area is 214 Å². The fourth-order valence-corrected chi connectivity index (χ4v) is 6.15. The maximum Gasteiger partial charge on any atom is 0.339 e. The maximum atomic E-state index is 12.8. The summed E-state index contributed by atoms with van der Waals surface area (Å²) in [7, 11) is -1.70. The van der Waals surface area contributed by atoms with E-state index < -0.39 is 10.1 Å². The summed E-state index contributed by atoms with van der Waals surface area (Å²) in [6.07, 6.45) is 7.82. The van der Waals surface area contributed by atoms with E-state index in [0.717, 1.165) is 62.6 Å². The van der Waals surface area contributed by atoms with Crippen LogP contribution in [0.1, 0.15) is 42.7 Å². The molecule has 1 fully saturated rings.